The van der Waals surface area contributed by atoms with Crippen molar-refractivity contribution >= 4 is 5.97 Å². The molecule has 0 unspecified atom stereocenters. The standard InChI is InChI=1S/C30H34FNO4/c1-20-12-13-22(16-29(20)31)15-25-9-6-14-32(25)18-26(33)19-36-21(2)27-10-3-4-11-28(27)23-7-5-8-24(17-23)30(34)35/h3-5,7-8,10-13,16-17,21,25-26,33H,6,9,14-15,18-19H2,1-2H3,(H,34,35)/t21-,25+,26-/m1/s1. The summed E-state index contributed by atoms with van der Waals surface area (Å²) in [5, 5.41) is 20.1. The molecule has 5 nitrogen and oxygen atoms in total. The normalized spacial score (nSPS) is 17.7. The molecule has 0 radical (unpaired) electrons. The largest absolute Gasteiger partial charge is 0.478 e. The van der Waals surface area contributed by atoms with Gasteiger partial charge in [-0.1, -0.05) is 48.5 Å². The minimum atomic E-state index is -0.963. The third-order valence-electron chi connectivity index (χ3n) is 7.01. The molecule has 1 aliphatic rings. The highest BCUT2D eigenvalue weighted by molar-refractivity contribution is 5.89. The Kier molecular flexibility index (Phi) is 8.52. The fourth-order valence-electron chi connectivity index (χ4n) is 5.00. The van der Waals surface area contributed by atoms with E-state index in [0.717, 1.165) is 48.1 Å². The van der Waals surface area contributed by atoms with E-state index in [1.54, 1.807) is 31.2 Å². The van der Waals surface area contributed by atoms with Crippen LogP contribution in [0.5, 0.6) is 0 Å². The van der Waals surface area contributed by atoms with Crippen LogP contribution in [0.4, 0.5) is 4.39 Å². The van der Waals surface area contributed by atoms with Crippen LogP contribution in [-0.4, -0.2) is 52.9 Å². The van der Waals surface area contributed by atoms with Crippen LogP contribution in [0.1, 0.15) is 52.9 Å². The first-order chi connectivity index (χ1) is 17.3. The summed E-state index contributed by atoms with van der Waals surface area (Å²) in [7, 11) is 0. The molecule has 0 saturated carbocycles. The van der Waals surface area contributed by atoms with Crippen molar-refractivity contribution in [1.29, 1.82) is 0 Å². The van der Waals surface area contributed by atoms with Crippen molar-refractivity contribution in [1.82, 2.24) is 4.90 Å². The second kappa shape index (κ2) is 11.8. The van der Waals surface area contributed by atoms with E-state index in [-0.39, 0.29) is 30.1 Å². The Bertz CT molecular complexity index is 1200. The fraction of sp³-hybridized carbons (Fsp3) is 0.367. The summed E-state index contributed by atoms with van der Waals surface area (Å²) in [6.45, 7) is 5.32. The number of benzene rings is 3. The number of likely N-dealkylation sites (tertiary alicyclic amines) is 1. The average Bonchev–Trinajstić information content (AvgIpc) is 3.31. The third-order valence-corrected chi connectivity index (χ3v) is 7.01. The zero-order chi connectivity index (χ0) is 25.7. The molecule has 36 heavy (non-hydrogen) atoms. The molecule has 1 heterocycles. The van der Waals surface area contributed by atoms with Gasteiger partial charge in [0, 0.05) is 12.6 Å². The number of aliphatic hydroxyl groups excluding tert-OH is 1. The van der Waals surface area contributed by atoms with Crippen molar-refractivity contribution in [3.8, 4) is 11.1 Å². The van der Waals surface area contributed by atoms with Gasteiger partial charge in [-0.2, -0.15) is 0 Å². The number of aryl methyl sites for hydroxylation is 1. The summed E-state index contributed by atoms with van der Waals surface area (Å²) in [6, 6.07) is 20.3. The Morgan fingerprint density at radius 2 is 1.94 bits per heavy atom. The van der Waals surface area contributed by atoms with Crippen LogP contribution < -0.4 is 0 Å². The molecule has 0 aliphatic carbocycles. The number of β-amino-alcohol motifs (C(OH)–C–C–N with tert-alkyl or cyclic N) is 1. The van der Waals surface area contributed by atoms with Crippen LogP contribution in [0.15, 0.2) is 66.7 Å². The van der Waals surface area contributed by atoms with Gasteiger partial charge in [-0.05, 0) is 85.7 Å². The predicted molar refractivity (Wildman–Crippen MR) is 139 cm³/mol. The van der Waals surface area contributed by atoms with E-state index < -0.39 is 12.1 Å². The van der Waals surface area contributed by atoms with Gasteiger partial charge in [-0.25, -0.2) is 9.18 Å². The Morgan fingerprint density at radius 1 is 1.14 bits per heavy atom. The third kappa shape index (κ3) is 6.38. The maximum Gasteiger partial charge on any atom is 0.335 e. The van der Waals surface area contributed by atoms with Gasteiger partial charge >= 0.3 is 5.97 Å². The van der Waals surface area contributed by atoms with E-state index in [1.807, 2.05) is 49.4 Å². The number of hydrogen-bond acceptors (Lipinski definition) is 4. The highest BCUT2D eigenvalue weighted by atomic mass is 19.1. The maximum atomic E-state index is 14.0. The fourth-order valence-corrected chi connectivity index (χ4v) is 5.00. The number of carboxylic acid groups (broad SMARTS) is 1. The Balaban J connectivity index is 1.36. The molecule has 1 aliphatic heterocycles. The maximum absolute atomic E-state index is 14.0. The minimum Gasteiger partial charge on any atom is -0.478 e. The van der Waals surface area contributed by atoms with Crippen LogP contribution in [0.25, 0.3) is 11.1 Å². The second-order valence-corrected chi connectivity index (χ2v) is 9.68. The van der Waals surface area contributed by atoms with E-state index in [4.69, 9.17) is 4.74 Å². The smallest absolute Gasteiger partial charge is 0.335 e. The average molecular weight is 492 g/mol. The lowest BCUT2D eigenvalue weighted by Gasteiger charge is -2.28. The lowest BCUT2D eigenvalue weighted by atomic mass is 9.95. The summed E-state index contributed by atoms with van der Waals surface area (Å²) < 4.78 is 20.1. The zero-order valence-electron chi connectivity index (χ0n) is 20.9. The summed E-state index contributed by atoms with van der Waals surface area (Å²) in [5.41, 5.74) is 4.53. The molecule has 1 saturated heterocycles. The second-order valence-electron chi connectivity index (χ2n) is 9.68. The number of halogens is 1. The number of hydrogen-bond donors (Lipinski definition) is 2. The van der Waals surface area contributed by atoms with Crippen molar-refractivity contribution in [2.24, 2.45) is 0 Å². The van der Waals surface area contributed by atoms with E-state index in [2.05, 4.69) is 4.90 Å². The Labute approximate surface area is 212 Å². The molecule has 3 aromatic carbocycles. The summed E-state index contributed by atoms with van der Waals surface area (Å²) in [5.74, 6) is -1.14. The number of ether oxygens (including phenoxy) is 1. The van der Waals surface area contributed by atoms with Crippen LogP contribution in [-0.2, 0) is 11.2 Å². The number of nitrogens with zero attached hydrogens (tertiary/aromatic N) is 1. The molecule has 0 aromatic heterocycles. The minimum absolute atomic E-state index is 0.172. The van der Waals surface area contributed by atoms with Crippen molar-refractivity contribution < 1.29 is 24.1 Å². The molecular formula is C30H34FNO4. The molecule has 0 bridgehead atoms. The lowest BCUT2D eigenvalue weighted by molar-refractivity contribution is -0.0169. The van der Waals surface area contributed by atoms with Gasteiger partial charge in [-0.3, -0.25) is 4.90 Å². The van der Waals surface area contributed by atoms with Gasteiger partial charge in [-0.15, -0.1) is 0 Å². The van der Waals surface area contributed by atoms with Crippen molar-refractivity contribution in [3.05, 3.63) is 94.8 Å². The number of carbonyl (C=O) groups is 1. The van der Waals surface area contributed by atoms with Crippen LogP contribution in [0.3, 0.4) is 0 Å². The van der Waals surface area contributed by atoms with Gasteiger partial charge in [0.1, 0.15) is 5.82 Å². The van der Waals surface area contributed by atoms with Crippen molar-refractivity contribution in [3.63, 3.8) is 0 Å². The molecule has 4 rings (SSSR count). The summed E-state index contributed by atoms with van der Waals surface area (Å²) in [6.07, 6.45) is 1.93. The monoisotopic (exact) mass is 491 g/mol. The first-order valence-corrected chi connectivity index (χ1v) is 12.5. The molecule has 3 aromatic rings. The number of carboxylic acids is 1. The molecule has 6 heteroatoms. The molecule has 1 fully saturated rings. The molecule has 2 N–H and O–H groups in total. The van der Waals surface area contributed by atoms with E-state index in [9.17, 15) is 19.4 Å². The van der Waals surface area contributed by atoms with Gasteiger partial charge in [0.15, 0.2) is 0 Å². The molecule has 3 atom stereocenters. The first kappa shape index (κ1) is 26.0. The van der Waals surface area contributed by atoms with Crippen LogP contribution in [0, 0.1) is 12.7 Å². The van der Waals surface area contributed by atoms with Gasteiger partial charge < -0.3 is 14.9 Å². The molecule has 0 spiro atoms. The quantitative estimate of drug-likeness (QED) is 0.384. The van der Waals surface area contributed by atoms with Crippen molar-refractivity contribution in [2.75, 3.05) is 19.7 Å². The topological polar surface area (TPSA) is 70.0 Å². The zero-order valence-corrected chi connectivity index (χ0v) is 20.9. The molecule has 190 valence electrons. The first-order valence-electron chi connectivity index (χ1n) is 12.5. The van der Waals surface area contributed by atoms with E-state index >= 15 is 0 Å². The molecule has 0 amide bonds. The highest BCUT2D eigenvalue weighted by Gasteiger charge is 2.27. The molecular weight excluding hydrogens is 457 g/mol. The number of aliphatic hydroxyl groups is 1. The SMILES string of the molecule is Cc1ccc(C[C@@H]2CCCN2C[C@@H](O)CO[C@H](C)c2ccccc2-c2cccc(C(=O)O)c2)cc1F. The van der Waals surface area contributed by atoms with Gasteiger partial charge in [0.25, 0.3) is 0 Å². The Hall–Kier alpha value is -3.06. The van der Waals surface area contributed by atoms with Gasteiger partial charge in [0.05, 0.1) is 24.4 Å². The van der Waals surface area contributed by atoms with E-state index in [1.165, 1.54) is 0 Å². The summed E-state index contributed by atoms with van der Waals surface area (Å²) >= 11 is 0. The van der Waals surface area contributed by atoms with Crippen LogP contribution >= 0.6 is 0 Å². The highest BCUT2D eigenvalue weighted by Crippen LogP contribution is 2.31. The van der Waals surface area contributed by atoms with Crippen LogP contribution in [0.2, 0.25) is 0 Å². The van der Waals surface area contributed by atoms with Crippen molar-refractivity contribution in [2.45, 2.75) is 51.4 Å². The van der Waals surface area contributed by atoms with E-state index in [0.29, 0.717) is 12.1 Å². The predicted octanol–water partition coefficient (Wildman–Crippen LogP) is 5.64. The summed E-state index contributed by atoms with van der Waals surface area (Å²) in [4.78, 5) is 13.7. The number of aromatic carboxylic acids is 1. The Morgan fingerprint density at radius 3 is 2.72 bits per heavy atom. The van der Waals surface area contributed by atoms with Gasteiger partial charge in [0.2, 0.25) is 0 Å². The number of rotatable bonds is 10. The lowest BCUT2D eigenvalue weighted by Crippen LogP contribution is -2.39.